The smallest absolute Gasteiger partial charge is 0.258 e. The van der Waals surface area contributed by atoms with Crippen molar-refractivity contribution in [2.45, 2.75) is 32.7 Å². The maximum Gasteiger partial charge on any atom is 0.258 e. The Hall–Kier alpha value is -3.26. The zero-order chi connectivity index (χ0) is 22.0. The maximum atomic E-state index is 12.7. The van der Waals surface area contributed by atoms with Crippen molar-refractivity contribution in [3.05, 3.63) is 75.1 Å². The number of anilines is 2. The van der Waals surface area contributed by atoms with Crippen molar-refractivity contribution >= 4 is 34.0 Å². The first kappa shape index (κ1) is 21.0. The van der Waals surface area contributed by atoms with Gasteiger partial charge in [-0.15, -0.1) is 11.3 Å². The third kappa shape index (κ3) is 4.74. The average molecular weight is 437 g/mol. The number of likely N-dealkylation sites (N-methyl/N-ethyl adjacent to an activating group) is 1. The lowest BCUT2D eigenvalue weighted by atomic mass is 9.93. The van der Waals surface area contributed by atoms with Gasteiger partial charge in [0.2, 0.25) is 5.91 Å². The zero-order valence-corrected chi connectivity index (χ0v) is 18.3. The van der Waals surface area contributed by atoms with Crippen molar-refractivity contribution in [1.82, 2.24) is 9.55 Å². The normalized spacial score (nSPS) is 15.2. The first-order chi connectivity index (χ1) is 14.9. The van der Waals surface area contributed by atoms with E-state index in [4.69, 9.17) is 0 Å². The summed E-state index contributed by atoms with van der Waals surface area (Å²) in [5.41, 5.74) is 1.76. The molecule has 8 heteroatoms. The van der Waals surface area contributed by atoms with Gasteiger partial charge < -0.3 is 9.47 Å². The molecule has 0 unspecified atom stereocenters. The molecule has 2 amide bonds. The van der Waals surface area contributed by atoms with Gasteiger partial charge in [0.25, 0.3) is 11.5 Å². The van der Waals surface area contributed by atoms with Crippen molar-refractivity contribution in [2.75, 3.05) is 17.3 Å². The SMILES string of the molecule is C[C@@H]1CCc2nc(NC(=O)c3ccc(=O)n(CC(=O)N(C)c4ccccc4)c3)sc2C1. The molecule has 1 aliphatic rings. The summed E-state index contributed by atoms with van der Waals surface area (Å²) in [6.07, 6.45) is 4.46. The molecule has 1 aliphatic carbocycles. The molecule has 1 N–H and O–H groups in total. The number of para-hydroxylation sites is 1. The lowest BCUT2D eigenvalue weighted by molar-refractivity contribution is -0.118. The number of benzene rings is 1. The predicted molar refractivity (Wildman–Crippen MR) is 122 cm³/mol. The van der Waals surface area contributed by atoms with Gasteiger partial charge in [-0.3, -0.25) is 19.7 Å². The monoisotopic (exact) mass is 436 g/mol. The Morgan fingerprint density at radius 3 is 2.77 bits per heavy atom. The fraction of sp³-hybridized carbons (Fsp3) is 0.304. The van der Waals surface area contributed by atoms with E-state index in [1.807, 2.05) is 30.3 Å². The van der Waals surface area contributed by atoms with Gasteiger partial charge in [-0.25, -0.2) is 4.98 Å². The number of nitrogens with zero attached hydrogens (tertiary/aromatic N) is 3. The van der Waals surface area contributed by atoms with Crippen LogP contribution in [0.15, 0.2) is 53.5 Å². The van der Waals surface area contributed by atoms with Crippen LogP contribution in [0.3, 0.4) is 0 Å². The van der Waals surface area contributed by atoms with Crippen LogP contribution in [0, 0.1) is 5.92 Å². The van der Waals surface area contributed by atoms with Gasteiger partial charge >= 0.3 is 0 Å². The van der Waals surface area contributed by atoms with E-state index in [2.05, 4.69) is 17.2 Å². The van der Waals surface area contributed by atoms with Gasteiger partial charge in [0.15, 0.2) is 5.13 Å². The van der Waals surface area contributed by atoms with Gasteiger partial charge in [0.1, 0.15) is 6.54 Å². The van der Waals surface area contributed by atoms with E-state index in [-0.39, 0.29) is 23.9 Å². The van der Waals surface area contributed by atoms with E-state index in [1.165, 1.54) is 44.0 Å². The van der Waals surface area contributed by atoms with Crippen molar-refractivity contribution < 1.29 is 9.59 Å². The molecule has 2 aromatic heterocycles. The second kappa shape index (κ2) is 8.85. The van der Waals surface area contributed by atoms with E-state index in [9.17, 15) is 14.4 Å². The number of thiazole rings is 1. The molecule has 1 atom stereocenters. The molecule has 1 aromatic carbocycles. The van der Waals surface area contributed by atoms with Crippen LogP contribution >= 0.6 is 11.3 Å². The minimum absolute atomic E-state index is 0.158. The molecule has 0 radical (unpaired) electrons. The van der Waals surface area contributed by atoms with Crippen LogP contribution < -0.4 is 15.8 Å². The third-order valence-corrected chi connectivity index (χ3v) is 6.51. The van der Waals surface area contributed by atoms with Gasteiger partial charge in [-0.1, -0.05) is 25.1 Å². The quantitative estimate of drug-likeness (QED) is 0.665. The number of hydrogen-bond donors (Lipinski definition) is 1. The average Bonchev–Trinajstić information content (AvgIpc) is 3.16. The zero-order valence-electron chi connectivity index (χ0n) is 17.5. The van der Waals surface area contributed by atoms with E-state index in [0.717, 1.165) is 30.6 Å². The number of rotatable bonds is 5. The number of aromatic nitrogens is 2. The Labute approximate surface area is 184 Å². The molecular weight excluding hydrogens is 412 g/mol. The highest BCUT2D eigenvalue weighted by Crippen LogP contribution is 2.32. The van der Waals surface area contributed by atoms with Crippen molar-refractivity contribution in [3.63, 3.8) is 0 Å². The van der Waals surface area contributed by atoms with Crippen LogP contribution in [0.25, 0.3) is 0 Å². The molecule has 0 aliphatic heterocycles. The first-order valence-corrected chi connectivity index (χ1v) is 11.0. The van der Waals surface area contributed by atoms with Crippen LogP contribution in [0.5, 0.6) is 0 Å². The highest BCUT2D eigenvalue weighted by molar-refractivity contribution is 7.15. The van der Waals surface area contributed by atoms with Crippen molar-refractivity contribution in [1.29, 1.82) is 0 Å². The summed E-state index contributed by atoms with van der Waals surface area (Å²) in [6, 6.07) is 12.0. The lowest BCUT2D eigenvalue weighted by Gasteiger charge is -2.18. The minimum Gasteiger partial charge on any atom is -0.314 e. The van der Waals surface area contributed by atoms with Gasteiger partial charge in [-0.05, 0) is 43.4 Å². The lowest BCUT2D eigenvalue weighted by Crippen LogP contribution is -2.34. The fourth-order valence-corrected chi connectivity index (χ4v) is 4.77. The summed E-state index contributed by atoms with van der Waals surface area (Å²) in [4.78, 5) is 44.9. The number of carbonyl (C=O) groups excluding carboxylic acids is 2. The standard InChI is InChI=1S/C23H24N4O3S/c1-15-8-10-18-19(12-15)31-23(24-18)25-22(30)16-9-11-20(28)27(13-16)14-21(29)26(2)17-6-4-3-5-7-17/h3-7,9,11,13,15H,8,10,12,14H2,1-2H3,(H,24,25,30)/t15-/m1/s1. The molecule has 7 nitrogen and oxygen atoms in total. The molecule has 31 heavy (non-hydrogen) atoms. The summed E-state index contributed by atoms with van der Waals surface area (Å²) in [7, 11) is 1.66. The summed E-state index contributed by atoms with van der Waals surface area (Å²) in [5, 5.41) is 3.41. The number of fused-ring (bicyclic) bond motifs is 1. The predicted octanol–water partition coefficient (Wildman–Crippen LogP) is 3.34. The number of amides is 2. The molecule has 0 saturated carbocycles. The van der Waals surface area contributed by atoms with Crippen LogP contribution in [-0.4, -0.2) is 28.4 Å². The first-order valence-electron chi connectivity index (χ1n) is 10.2. The second-order valence-corrected chi connectivity index (χ2v) is 8.95. The maximum absolute atomic E-state index is 12.7. The second-order valence-electron chi connectivity index (χ2n) is 7.86. The Balaban J connectivity index is 1.48. The van der Waals surface area contributed by atoms with Crippen LogP contribution in [0.1, 0.15) is 34.3 Å². The van der Waals surface area contributed by atoms with Gasteiger partial charge in [0.05, 0.1) is 11.3 Å². The fourth-order valence-electron chi connectivity index (χ4n) is 3.60. The van der Waals surface area contributed by atoms with Crippen LogP contribution in [0.2, 0.25) is 0 Å². The molecular formula is C23H24N4O3S. The molecule has 0 saturated heterocycles. The van der Waals surface area contributed by atoms with E-state index in [0.29, 0.717) is 16.6 Å². The largest absolute Gasteiger partial charge is 0.314 e. The molecule has 160 valence electrons. The third-order valence-electron chi connectivity index (χ3n) is 5.48. The Kier molecular flexibility index (Phi) is 5.99. The molecule has 2 heterocycles. The van der Waals surface area contributed by atoms with Crippen molar-refractivity contribution in [2.24, 2.45) is 5.92 Å². The Bertz CT molecular complexity index is 1170. The number of pyridine rings is 1. The Morgan fingerprint density at radius 2 is 2.00 bits per heavy atom. The molecule has 3 aromatic rings. The highest BCUT2D eigenvalue weighted by atomic mass is 32.1. The molecule has 4 rings (SSSR count). The summed E-state index contributed by atoms with van der Waals surface area (Å²) in [5.74, 6) is 0.0240. The van der Waals surface area contributed by atoms with Crippen LogP contribution in [0.4, 0.5) is 10.8 Å². The van der Waals surface area contributed by atoms with E-state index >= 15 is 0 Å². The molecule has 0 bridgehead atoms. The summed E-state index contributed by atoms with van der Waals surface area (Å²) >= 11 is 1.51. The van der Waals surface area contributed by atoms with Crippen molar-refractivity contribution in [3.8, 4) is 0 Å². The number of aryl methyl sites for hydroxylation is 1. The minimum atomic E-state index is -0.350. The topological polar surface area (TPSA) is 84.3 Å². The Morgan fingerprint density at radius 1 is 1.23 bits per heavy atom. The van der Waals surface area contributed by atoms with Gasteiger partial charge in [0, 0.05) is 29.9 Å². The number of hydrogen-bond acceptors (Lipinski definition) is 5. The summed E-state index contributed by atoms with van der Waals surface area (Å²) in [6.45, 7) is 2.06. The number of nitrogens with one attached hydrogen (secondary N) is 1. The summed E-state index contributed by atoms with van der Waals surface area (Å²) < 4.78 is 1.26. The highest BCUT2D eigenvalue weighted by Gasteiger charge is 2.21. The van der Waals surface area contributed by atoms with Crippen LogP contribution in [-0.2, 0) is 24.2 Å². The van der Waals surface area contributed by atoms with E-state index < -0.39 is 0 Å². The molecule has 0 spiro atoms. The molecule has 0 fully saturated rings. The van der Waals surface area contributed by atoms with Gasteiger partial charge in [-0.2, -0.15) is 0 Å². The van der Waals surface area contributed by atoms with E-state index in [1.54, 1.807) is 7.05 Å². The number of carbonyl (C=O) groups is 2.